The van der Waals surface area contributed by atoms with E-state index in [0.717, 1.165) is 44.1 Å². The Kier molecular flexibility index (Phi) is 4.32. The molecule has 1 aliphatic heterocycles. The number of hydrogen-bond acceptors (Lipinski definition) is 4. The van der Waals surface area contributed by atoms with Crippen LogP contribution >= 0.6 is 11.3 Å². The number of likely N-dealkylation sites (N-methyl/N-ethyl adjacent to an activating group) is 1. The number of aryl methyl sites for hydroxylation is 1. The van der Waals surface area contributed by atoms with E-state index in [1.165, 1.54) is 5.69 Å². The van der Waals surface area contributed by atoms with Gasteiger partial charge >= 0.3 is 0 Å². The van der Waals surface area contributed by atoms with Crippen LogP contribution in [0.2, 0.25) is 0 Å². The van der Waals surface area contributed by atoms with E-state index in [-0.39, 0.29) is 6.10 Å². The van der Waals surface area contributed by atoms with Gasteiger partial charge in [-0.1, -0.05) is 20.3 Å². The Labute approximate surface area is 101 Å². The number of morpholine rings is 1. The Balaban J connectivity index is 1.99. The monoisotopic (exact) mass is 240 g/mol. The molecule has 1 aromatic rings. The number of thiazole rings is 1. The lowest BCUT2D eigenvalue weighted by molar-refractivity contribution is -0.0283. The normalized spacial score (nSPS) is 22.5. The van der Waals surface area contributed by atoms with Crippen molar-refractivity contribution < 1.29 is 4.74 Å². The highest BCUT2D eigenvalue weighted by molar-refractivity contribution is 7.09. The molecule has 0 aromatic carbocycles. The van der Waals surface area contributed by atoms with Crippen LogP contribution in [0.1, 0.15) is 37.1 Å². The molecule has 0 aliphatic carbocycles. The third kappa shape index (κ3) is 2.81. The molecule has 0 N–H and O–H groups in total. The smallest absolute Gasteiger partial charge is 0.123 e. The van der Waals surface area contributed by atoms with Crippen LogP contribution in [0.15, 0.2) is 5.38 Å². The highest BCUT2D eigenvalue weighted by Gasteiger charge is 2.23. The number of hydrogen-bond donors (Lipinski definition) is 0. The van der Waals surface area contributed by atoms with Gasteiger partial charge in [0.1, 0.15) is 11.1 Å². The summed E-state index contributed by atoms with van der Waals surface area (Å²) in [4.78, 5) is 7.08. The van der Waals surface area contributed by atoms with Gasteiger partial charge in [-0.25, -0.2) is 4.98 Å². The van der Waals surface area contributed by atoms with E-state index >= 15 is 0 Å². The summed E-state index contributed by atoms with van der Waals surface area (Å²) >= 11 is 1.75. The summed E-state index contributed by atoms with van der Waals surface area (Å²) in [6.07, 6.45) is 2.44. The molecular formula is C12H20N2OS. The Morgan fingerprint density at radius 1 is 1.56 bits per heavy atom. The second-order valence-electron chi connectivity index (χ2n) is 4.18. The van der Waals surface area contributed by atoms with Gasteiger partial charge in [-0.3, -0.25) is 4.90 Å². The number of aromatic nitrogens is 1. The van der Waals surface area contributed by atoms with E-state index in [1.54, 1.807) is 11.3 Å². The first-order valence-corrected chi connectivity index (χ1v) is 6.99. The molecule has 90 valence electrons. The second-order valence-corrected chi connectivity index (χ2v) is 5.07. The standard InChI is InChI=1S/C12H20N2OS/c1-3-5-10-9-16-12(13-10)11-8-14(4-2)6-7-15-11/h9,11H,3-8H2,1-2H3. The maximum Gasteiger partial charge on any atom is 0.123 e. The lowest BCUT2D eigenvalue weighted by atomic mass is 10.2. The number of nitrogens with zero attached hydrogens (tertiary/aromatic N) is 2. The van der Waals surface area contributed by atoms with Gasteiger partial charge in [-0.05, 0) is 13.0 Å². The topological polar surface area (TPSA) is 25.4 Å². The SMILES string of the molecule is CCCc1csc(C2CN(CC)CCO2)n1. The third-order valence-electron chi connectivity index (χ3n) is 2.95. The van der Waals surface area contributed by atoms with Crippen molar-refractivity contribution in [3.8, 4) is 0 Å². The van der Waals surface area contributed by atoms with Gasteiger partial charge < -0.3 is 4.74 Å². The molecule has 0 amide bonds. The number of ether oxygens (including phenoxy) is 1. The highest BCUT2D eigenvalue weighted by atomic mass is 32.1. The Hall–Kier alpha value is -0.450. The summed E-state index contributed by atoms with van der Waals surface area (Å²) in [6.45, 7) is 8.38. The summed E-state index contributed by atoms with van der Waals surface area (Å²) in [5.41, 5.74) is 1.22. The van der Waals surface area contributed by atoms with Crippen molar-refractivity contribution in [2.75, 3.05) is 26.2 Å². The van der Waals surface area contributed by atoms with E-state index in [1.807, 2.05) is 0 Å². The first-order chi connectivity index (χ1) is 7.83. The summed E-state index contributed by atoms with van der Waals surface area (Å²) in [7, 11) is 0. The van der Waals surface area contributed by atoms with Crippen LogP contribution in [-0.4, -0.2) is 36.1 Å². The minimum Gasteiger partial charge on any atom is -0.368 e. The van der Waals surface area contributed by atoms with E-state index < -0.39 is 0 Å². The summed E-state index contributed by atoms with van der Waals surface area (Å²) in [5.74, 6) is 0. The predicted octanol–water partition coefficient (Wildman–Crippen LogP) is 2.49. The first-order valence-electron chi connectivity index (χ1n) is 6.11. The van der Waals surface area contributed by atoms with Gasteiger partial charge in [0.15, 0.2) is 0 Å². The molecule has 0 spiro atoms. The molecule has 1 aromatic heterocycles. The van der Waals surface area contributed by atoms with Gasteiger partial charge in [-0.2, -0.15) is 0 Å². The second kappa shape index (κ2) is 5.75. The fraction of sp³-hybridized carbons (Fsp3) is 0.750. The van der Waals surface area contributed by atoms with E-state index in [9.17, 15) is 0 Å². The molecule has 1 atom stereocenters. The Morgan fingerprint density at radius 3 is 3.19 bits per heavy atom. The summed E-state index contributed by atoms with van der Waals surface area (Å²) in [6, 6.07) is 0. The summed E-state index contributed by atoms with van der Waals surface area (Å²) in [5, 5.41) is 3.33. The van der Waals surface area contributed by atoms with Crippen molar-refractivity contribution in [2.24, 2.45) is 0 Å². The minimum absolute atomic E-state index is 0.198. The van der Waals surface area contributed by atoms with Gasteiger partial charge in [0.25, 0.3) is 0 Å². The van der Waals surface area contributed by atoms with E-state index in [0.29, 0.717) is 0 Å². The van der Waals surface area contributed by atoms with Crippen molar-refractivity contribution in [1.82, 2.24) is 9.88 Å². The quantitative estimate of drug-likeness (QED) is 0.808. The maximum atomic E-state index is 5.79. The van der Waals surface area contributed by atoms with Gasteiger partial charge in [-0.15, -0.1) is 11.3 Å². The molecule has 0 radical (unpaired) electrons. The fourth-order valence-electron chi connectivity index (χ4n) is 1.98. The lowest BCUT2D eigenvalue weighted by Gasteiger charge is -2.30. The van der Waals surface area contributed by atoms with Crippen molar-refractivity contribution in [3.63, 3.8) is 0 Å². The van der Waals surface area contributed by atoms with E-state index in [4.69, 9.17) is 4.74 Å². The molecule has 0 bridgehead atoms. The van der Waals surface area contributed by atoms with Crippen LogP contribution in [0.5, 0.6) is 0 Å². The zero-order valence-electron chi connectivity index (χ0n) is 10.1. The first kappa shape index (κ1) is 12.0. The van der Waals surface area contributed by atoms with Crippen LogP contribution in [0.3, 0.4) is 0 Å². The predicted molar refractivity (Wildman–Crippen MR) is 66.9 cm³/mol. The van der Waals surface area contributed by atoms with Crippen LogP contribution < -0.4 is 0 Å². The lowest BCUT2D eigenvalue weighted by Crippen LogP contribution is -2.38. The van der Waals surface area contributed by atoms with Crippen molar-refractivity contribution >= 4 is 11.3 Å². The van der Waals surface area contributed by atoms with Gasteiger partial charge in [0.05, 0.1) is 12.3 Å². The molecule has 4 heteroatoms. The fourth-order valence-corrected chi connectivity index (χ4v) is 2.87. The average molecular weight is 240 g/mol. The molecule has 1 saturated heterocycles. The van der Waals surface area contributed by atoms with Crippen LogP contribution in [0.25, 0.3) is 0 Å². The number of rotatable bonds is 4. The third-order valence-corrected chi connectivity index (χ3v) is 3.93. The van der Waals surface area contributed by atoms with E-state index in [2.05, 4.69) is 29.1 Å². The minimum atomic E-state index is 0.198. The highest BCUT2D eigenvalue weighted by Crippen LogP contribution is 2.25. The molecule has 2 heterocycles. The summed E-state index contributed by atoms with van der Waals surface area (Å²) < 4.78 is 5.79. The molecule has 1 aliphatic rings. The van der Waals surface area contributed by atoms with Crippen LogP contribution in [0.4, 0.5) is 0 Å². The maximum absolute atomic E-state index is 5.79. The molecule has 16 heavy (non-hydrogen) atoms. The zero-order chi connectivity index (χ0) is 11.4. The molecular weight excluding hydrogens is 220 g/mol. The Bertz CT molecular complexity index is 327. The van der Waals surface area contributed by atoms with Crippen LogP contribution in [-0.2, 0) is 11.2 Å². The molecule has 1 unspecified atom stereocenters. The van der Waals surface area contributed by atoms with Crippen molar-refractivity contribution in [2.45, 2.75) is 32.8 Å². The molecule has 2 rings (SSSR count). The average Bonchev–Trinajstić information content (AvgIpc) is 2.78. The molecule has 3 nitrogen and oxygen atoms in total. The van der Waals surface area contributed by atoms with Crippen molar-refractivity contribution in [1.29, 1.82) is 0 Å². The van der Waals surface area contributed by atoms with Gasteiger partial charge in [0.2, 0.25) is 0 Å². The molecule has 0 saturated carbocycles. The molecule has 1 fully saturated rings. The largest absolute Gasteiger partial charge is 0.368 e. The van der Waals surface area contributed by atoms with Gasteiger partial charge in [0, 0.05) is 18.5 Å². The Morgan fingerprint density at radius 2 is 2.44 bits per heavy atom. The van der Waals surface area contributed by atoms with Crippen LogP contribution in [0, 0.1) is 0 Å². The van der Waals surface area contributed by atoms with Crippen molar-refractivity contribution in [3.05, 3.63) is 16.1 Å². The zero-order valence-corrected chi connectivity index (χ0v) is 10.9.